The minimum absolute atomic E-state index is 0.0527. The number of carbonyl (C=O) groups excluding carboxylic acids is 1. The molecular formula is C16H21NO2. The standard InChI is InChI=1S/C16H21NO2/c1-12-4-5-13(14-6-7-16(18)19-11-14)10-15(12)17-8-2-3-9-17/h4-5,10,14H,2-3,6-9,11H2,1H3. The second kappa shape index (κ2) is 5.24. The number of esters is 1. The van der Waals surface area contributed by atoms with E-state index in [9.17, 15) is 4.79 Å². The van der Waals surface area contributed by atoms with Crippen LogP contribution in [0.3, 0.4) is 0 Å². The van der Waals surface area contributed by atoms with Crippen LogP contribution in [-0.4, -0.2) is 25.7 Å². The normalized spacial score (nSPS) is 23.5. The monoisotopic (exact) mass is 259 g/mol. The van der Waals surface area contributed by atoms with Gasteiger partial charge in [0.2, 0.25) is 0 Å². The highest BCUT2D eigenvalue weighted by Crippen LogP contribution is 2.31. The summed E-state index contributed by atoms with van der Waals surface area (Å²) in [5.41, 5.74) is 4.03. The second-order valence-corrected chi connectivity index (χ2v) is 5.66. The topological polar surface area (TPSA) is 29.5 Å². The van der Waals surface area contributed by atoms with Crippen LogP contribution in [0.15, 0.2) is 18.2 Å². The number of anilines is 1. The van der Waals surface area contributed by atoms with E-state index in [2.05, 4.69) is 30.0 Å². The van der Waals surface area contributed by atoms with E-state index in [1.165, 1.54) is 42.7 Å². The van der Waals surface area contributed by atoms with Crippen LogP contribution in [0.25, 0.3) is 0 Å². The Balaban J connectivity index is 1.82. The number of hydrogen-bond acceptors (Lipinski definition) is 3. The van der Waals surface area contributed by atoms with Gasteiger partial charge in [0.1, 0.15) is 0 Å². The number of rotatable bonds is 2. The molecule has 1 atom stereocenters. The van der Waals surface area contributed by atoms with Crippen LogP contribution < -0.4 is 4.90 Å². The minimum Gasteiger partial charge on any atom is -0.465 e. The highest BCUT2D eigenvalue weighted by Gasteiger charge is 2.23. The maximum Gasteiger partial charge on any atom is 0.305 e. The molecule has 19 heavy (non-hydrogen) atoms. The summed E-state index contributed by atoms with van der Waals surface area (Å²) in [4.78, 5) is 13.6. The number of aryl methyl sites for hydroxylation is 1. The van der Waals surface area contributed by atoms with Gasteiger partial charge in [-0.15, -0.1) is 0 Å². The van der Waals surface area contributed by atoms with Crippen LogP contribution in [0.4, 0.5) is 5.69 Å². The first-order chi connectivity index (χ1) is 9.24. The Hall–Kier alpha value is -1.51. The van der Waals surface area contributed by atoms with Crippen molar-refractivity contribution in [2.45, 2.75) is 38.5 Å². The first-order valence-corrected chi connectivity index (χ1v) is 7.25. The molecule has 0 spiro atoms. The first kappa shape index (κ1) is 12.5. The molecule has 0 N–H and O–H groups in total. The van der Waals surface area contributed by atoms with Crippen LogP contribution in [0.5, 0.6) is 0 Å². The predicted molar refractivity (Wildman–Crippen MR) is 75.6 cm³/mol. The molecule has 0 radical (unpaired) electrons. The Bertz CT molecular complexity index is 468. The number of benzene rings is 1. The quantitative estimate of drug-likeness (QED) is 0.765. The molecule has 102 valence electrons. The summed E-state index contributed by atoms with van der Waals surface area (Å²) in [5.74, 6) is 0.322. The Morgan fingerprint density at radius 1 is 1.26 bits per heavy atom. The van der Waals surface area contributed by atoms with Crippen molar-refractivity contribution in [1.29, 1.82) is 0 Å². The summed E-state index contributed by atoms with van der Waals surface area (Å²) in [6.45, 7) is 5.06. The molecule has 3 heteroatoms. The summed E-state index contributed by atoms with van der Waals surface area (Å²) >= 11 is 0. The lowest BCUT2D eigenvalue weighted by Crippen LogP contribution is -2.22. The second-order valence-electron chi connectivity index (χ2n) is 5.66. The van der Waals surface area contributed by atoms with E-state index in [0.717, 1.165) is 6.42 Å². The SMILES string of the molecule is Cc1ccc(C2CCC(=O)OC2)cc1N1CCCC1. The largest absolute Gasteiger partial charge is 0.465 e. The van der Waals surface area contributed by atoms with Crippen molar-refractivity contribution < 1.29 is 9.53 Å². The van der Waals surface area contributed by atoms with E-state index < -0.39 is 0 Å². The van der Waals surface area contributed by atoms with Gasteiger partial charge >= 0.3 is 5.97 Å². The lowest BCUT2D eigenvalue weighted by Gasteiger charge is -2.25. The number of hydrogen-bond donors (Lipinski definition) is 0. The fourth-order valence-corrected chi connectivity index (χ4v) is 3.08. The van der Waals surface area contributed by atoms with Gasteiger partial charge in [0.05, 0.1) is 6.61 Å². The van der Waals surface area contributed by atoms with Crippen molar-refractivity contribution in [1.82, 2.24) is 0 Å². The van der Waals surface area contributed by atoms with Crippen molar-refractivity contribution in [3.8, 4) is 0 Å². The summed E-state index contributed by atoms with van der Waals surface area (Å²) < 4.78 is 5.19. The van der Waals surface area contributed by atoms with E-state index in [1.807, 2.05) is 0 Å². The summed E-state index contributed by atoms with van der Waals surface area (Å²) in [6, 6.07) is 6.71. The lowest BCUT2D eigenvalue weighted by atomic mass is 9.92. The molecule has 1 unspecified atom stereocenters. The molecule has 3 nitrogen and oxygen atoms in total. The van der Waals surface area contributed by atoms with Crippen LogP contribution in [0.2, 0.25) is 0 Å². The molecule has 1 aromatic carbocycles. The molecule has 2 heterocycles. The molecular weight excluding hydrogens is 238 g/mol. The Morgan fingerprint density at radius 3 is 2.74 bits per heavy atom. The minimum atomic E-state index is -0.0527. The smallest absolute Gasteiger partial charge is 0.305 e. The van der Waals surface area contributed by atoms with Gasteiger partial charge < -0.3 is 9.64 Å². The van der Waals surface area contributed by atoms with E-state index in [-0.39, 0.29) is 5.97 Å². The van der Waals surface area contributed by atoms with Gasteiger partial charge in [-0.3, -0.25) is 4.79 Å². The van der Waals surface area contributed by atoms with Crippen LogP contribution in [-0.2, 0) is 9.53 Å². The molecule has 0 bridgehead atoms. The molecule has 2 saturated heterocycles. The number of nitrogens with zero attached hydrogens (tertiary/aromatic N) is 1. The first-order valence-electron chi connectivity index (χ1n) is 7.25. The van der Waals surface area contributed by atoms with Crippen LogP contribution in [0.1, 0.15) is 42.7 Å². The maximum atomic E-state index is 11.1. The molecule has 1 aromatic rings. The van der Waals surface area contributed by atoms with Crippen LogP contribution >= 0.6 is 0 Å². The predicted octanol–water partition coefficient (Wildman–Crippen LogP) is 3.02. The summed E-state index contributed by atoms with van der Waals surface area (Å²) in [6.07, 6.45) is 4.06. The lowest BCUT2D eigenvalue weighted by molar-refractivity contribution is -0.147. The maximum absolute atomic E-state index is 11.1. The van der Waals surface area contributed by atoms with Crippen molar-refractivity contribution in [2.24, 2.45) is 0 Å². The fourth-order valence-electron chi connectivity index (χ4n) is 3.08. The molecule has 0 amide bonds. The van der Waals surface area contributed by atoms with Gasteiger partial charge in [-0.25, -0.2) is 0 Å². The van der Waals surface area contributed by atoms with E-state index in [4.69, 9.17) is 4.74 Å². The Morgan fingerprint density at radius 2 is 2.05 bits per heavy atom. The van der Waals surface area contributed by atoms with Crippen molar-refractivity contribution in [3.63, 3.8) is 0 Å². The average molecular weight is 259 g/mol. The number of cyclic esters (lactones) is 1. The summed E-state index contributed by atoms with van der Waals surface area (Å²) in [7, 11) is 0. The zero-order valence-electron chi connectivity index (χ0n) is 11.5. The third-order valence-electron chi connectivity index (χ3n) is 4.29. The number of ether oxygens (including phenoxy) is 1. The van der Waals surface area contributed by atoms with E-state index in [1.54, 1.807) is 0 Å². The molecule has 0 aromatic heterocycles. The molecule has 3 rings (SSSR count). The van der Waals surface area contributed by atoms with Crippen molar-refractivity contribution in [2.75, 3.05) is 24.6 Å². The third kappa shape index (κ3) is 2.60. The van der Waals surface area contributed by atoms with Crippen molar-refractivity contribution in [3.05, 3.63) is 29.3 Å². The fraction of sp³-hybridized carbons (Fsp3) is 0.562. The zero-order chi connectivity index (χ0) is 13.2. The zero-order valence-corrected chi connectivity index (χ0v) is 11.5. The molecule has 2 fully saturated rings. The van der Waals surface area contributed by atoms with Gasteiger partial charge in [-0.05, 0) is 43.4 Å². The van der Waals surface area contributed by atoms with E-state index >= 15 is 0 Å². The van der Waals surface area contributed by atoms with Gasteiger partial charge in [0.15, 0.2) is 0 Å². The van der Waals surface area contributed by atoms with Gasteiger partial charge in [-0.1, -0.05) is 12.1 Å². The molecule has 0 saturated carbocycles. The molecule has 0 aliphatic carbocycles. The molecule has 2 aliphatic rings. The highest BCUT2D eigenvalue weighted by molar-refractivity contribution is 5.70. The average Bonchev–Trinajstić information content (AvgIpc) is 2.94. The van der Waals surface area contributed by atoms with Crippen LogP contribution in [0, 0.1) is 6.92 Å². The molecule has 2 aliphatic heterocycles. The van der Waals surface area contributed by atoms with Crippen molar-refractivity contribution >= 4 is 11.7 Å². The van der Waals surface area contributed by atoms with Gasteiger partial charge in [-0.2, -0.15) is 0 Å². The van der Waals surface area contributed by atoms with E-state index in [0.29, 0.717) is 18.9 Å². The van der Waals surface area contributed by atoms with Gasteiger partial charge in [0, 0.05) is 31.1 Å². The number of carbonyl (C=O) groups is 1. The highest BCUT2D eigenvalue weighted by atomic mass is 16.5. The summed E-state index contributed by atoms with van der Waals surface area (Å²) in [5, 5.41) is 0. The Kier molecular flexibility index (Phi) is 3.45. The Labute approximate surface area is 114 Å². The van der Waals surface area contributed by atoms with Gasteiger partial charge in [0.25, 0.3) is 0 Å². The third-order valence-corrected chi connectivity index (χ3v) is 4.29.